The Hall–Kier alpha value is -0.890. The summed E-state index contributed by atoms with van der Waals surface area (Å²) in [5.74, 6) is 0. The van der Waals surface area contributed by atoms with Crippen molar-refractivity contribution in [1.82, 2.24) is 0 Å². The Labute approximate surface area is 100 Å². The Balaban J connectivity index is 4.65. The number of halogens is 1. The number of amides is 1. The normalized spacial score (nSPS) is 16.3. The summed E-state index contributed by atoms with van der Waals surface area (Å²) in [7, 11) is -3.74. The number of primary amides is 1. The lowest BCUT2D eigenvalue weighted by Gasteiger charge is -2.31. The van der Waals surface area contributed by atoms with Gasteiger partial charge in [-0.25, -0.2) is 9.18 Å². The molecule has 6 nitrogen and oxygen atoms in total. The van der Waals surface area contributed by atoms with E-state index in [0.717, 1.165) is 6.26 Å². The number of rotatable bonds is 5. The van der Waals surface area contributed by atoms with Gasteiger partial charge in [-0.3, -0.25) is 4.18 Å². The molecule has 2 atom stereocenters. The molecule has 0 aliphatic heterocycles. The Morgan fingerprint density at radius 2 is 1.88 bits per heavy atom. The number of hydrogen-bond donors (Lipinski definition) is 1. The van der Waals surface area contributed by atoms with Gasteiger partial charge in [0, 0.05) is 5.41 Å². The predicted molar refractivity (Wildman–Crippen MR) is 59.6 cm³/mol. The topological polar surface area (TPSA) is 95.7 Å². The van der Waals surface area contributed by atoms with Gasteiger partial charge < -0.3 is 10.5 Å². The Morgan fingerprint density at radius 1 is 1.41 bits per heavy atom. The number of alkyl halides is 1. The third kappa shape index (κ3) is 7.11. The van der Waals surface area contributed by atoms with Crippen molar-refractivity contribution < 1.29 is 26.5 Å². The van der Waals surface area contributed by atoms with E-state index >= 15 is 0 Å². The Kier molecular flexibility index (Phi) is 5.34. The molecule has 0 bridgehead atoms. The highest BCUT2D eigenvalue weighted by atomic mass is 32.2. The first-order chi connectivity index (χ1) is 7.43. The van der Waals surface area contributed by atoms with E-state index in [9.17, 15) is 17.6 Å². The van der Waals surface area contributed by atoms with Crippen LogP contribution in [0.2, 0.25) is 0 Å². The minimum Gasteiger partial charge on any atom is -0.443 e. The largest absolute Gasteiger partial charge is 0.443 e. The van der Waals surface area contributed by atoms with Crippen LogP contribution in [0.25, 0.3) is 0 Å². The molecule has 1 amide bonds. The van der Waals surface area contributed by atoms with Gasteiger partial charge in [-0.2, -0.15) is 8.42 Å². The fourth-order valence-corrected chi connectivity index (χ4v) is 1.57. The number of carbonyl (C=O) groups is 1. The van der Waals surface area contributed by atoms with E-state index < -0.39 is 40.5 Å². The van der Waals surface area contributed by atoms with Crippen molar-refractivity contribution in [2.75, 3.05) is 12.9 Å². The highest BCUT2D eigenvalue weighted by molar-refractivity contribution is 7.85. The van der Waals surface area contributed by atoms with Crippen LogP contribution in [0.1, 0.15) is 20.8 Å². The van der Waals surface area contributed by atoms with Crippen molar-refractivity contribution in [3.8, 4) is 0 Å². The van der Waals surface area contributed by atoms with Crippen LogP contribution in [0.3, 0.4) is 0 Å². The summed E-state index contributed by atoms with van der Waals surface area (Å²) in [6.07, 6.45) is -3.27. The molecular weight excluding hydrogens is 253 g/mol. The van der Waals surface area contributed by atoms with Gasteiger partial charge in [0.15, 0.2) is 6.17 Å². The molecule has 0 aliphatic carbocycles. The fourth-order valence-electron chi connectivity index (χ4n) is 1.19. The van der Waals surface area contributed by atoms with Gasteiger partial charge in [-0.15, -0.1) is 0 Å². The van der Waals surface area contributed by atoms with Crippen molar-refractivity contribution in [3.05, 3.63) is 0 Å². The summed E-state index contributed by atoms with van der Waals surface area (Å²) in [6, 6.07) is 0. The molecule has 2 N–H and O–H groups in total. The highest BCUT2D eigenvalue weighted by Gasteiger charge is 2.36. The number of hydrogen-bond acceptors (Lipinski definition) is 5. The van der Waals surface area contributed by atoms with Crippen molar-refractivity contribution in [1.29, 1.82) is 0 Å². The molecule has 0 saturated carbocycles. The maximum atomic E-state index is 13.7. The SMILES string of the molecule is CC(C)(C)C(OC(N)=O)C(F)COS(C)(=O)=O. The van der Waals surface area contributed by atoms with Crippen LogP contribution in [0, 0.1) is 5.41 Å². The minimum atomic E-state index is -3.74. The molecule has 2 unspecified atom stereocenters. The number of nitrogens with two attached hydrogens (primary N) is 1. The lowest BCUT2D eigenvalue weighted by Crippen LogP contribution is -2.43. The minimum absolute atomic E-state index is 0.714. The smallest absolute Gasteiger partial charge is 0.404 e. The molecule has 17 heavy (non-hydrogen) atoms. The van der Waals surface area contributed by atoms with E-state index in [2.05, 4.69) is 8.92 Å². The van der Waals surface area contributed by atoms with Crippen LogP contribution in [-0.2, 0) is 19.0 Å². The van der Waals surface area contributed by atoms with Gasteiger partial charge in [0.25, 0.3) is 10.1 Å². The number of ether oxygens (including phenoxy) is 1. The van der Waals surface area contributed by atoms with Crippen LogP contribution in [0.15, 0.2) is 0 Å². The lowest BCUT2D eigenvalue weighted by molar-refractivity contribution is -0.0302. The van der Waals surface area contributed by atoms with Crippen molar-refractivity contribution in [2.24, 2.45) is 11.1 Å². The zero-order valence-electron chi connectivity index (χ0n) is 10.3. The Morgan fingerprint density at radius 3 is 2.18 bits per heavy atom. The molecule has 0 radical (unpaired) electrons. The molecule has 0 aromatic heterocycles. The van der Waals surface area contributed by atoms with Crippen LogP contribution >= 0.6 is 0 Å². The first kappa shape index (κ1) is 16.1. The van der Waals surface area contributed by atoms with E-state index in [4.69, 9.17) is 5.73 Å². The molecule has 0 heterocycles. The van der Waals surface area contributed by atoms with Gasteiger partial charge >= 0.3 is 6.09 Å². The van der Waals surface area contributed by atoms with Gasteiger partial charge in [0.05, 0.1) is 6.26 Å². The molecule has 0 aromatic carbocycles. The Bertz CT molecular complexity index is 362. The summed E-state index contributed by atoms with van der Waals surface area (Å²) in [6.45, 7) is 4.18. The van der Waals surface area contributed by atoms with Crippen LogP contribution < -0.4 is 5.73 Å². The summed E-state index contributed by atoms with van der Waals surface area (Å²) < 4.78 is 44.1. The fraction of sp³-hybridized carbons (Fsp3) is 0.889. The third-order valence-corrected chi connectivity index (χ3v) is 2.43. The van der Waals surface area contributed by atoms with Crippen LogP contribution in [0.5, 0.6) is 0 Å². The molecule has 0 aliphatic rings. The summed E-state index contributed by atoms with van der Waals surface area (Å²) in [5.41, 5.74) is 4.10. The van der Waals surface area contributed by atoms with Crippen molar-refractivity contribution >= 4 is 16.2 Å². The van der Waals surface area contributed by atoms with E-state index in [0.29, 0.717) is 0 Å². The van der Waals surface area contributed by atoms with E-state index in [1.54, 1.807) is 20.8 Å². The zero-order valence-corrected chi connectivity index (χ0v) is 11.1. The van der Waals surface area contributed by atoms with E-state index in [1.165, 1.54) is 0 Å². The highest BCUT2D eigenvalue weighted by Crippen LogP contribution is 2.27. The first-order valence-corrected chi connectivity index (χ1v) is 6.69. The quantitative estimate of drug-likeness (QED) is 0.746. The second kappa shape index (κ2) is 5.63. The second-order valence-electron chi connectivity index (χ2n) is 4.73. The molecule has 0 rings (SSSR count). The molecule has 8 heteroatoms. The van der Waals surface area contributed by atoms with E-state index in [-0.39, 0.29) is 0 Å². The van der Waals surface area contributed by atoms with Gasteiger partial charge in [0.1, 0.15) is 12.7 Å². The van der Waals surface area contributed by atoms with Crippen LogP contribution in [-0.4, -0.2) is 39.6 Å². The average molecular weight is 271 g/mol. The molecule has 0 spiro atoms. The summed E-state index contributed by atoms with van der Waals surface area (Å²) in [5, 5.41) is 0. The van der Waals surface area contributed by atoms with Gasteiger partial charge in [-0.05, 0) is 0 Å². The maximum Gasteiger partial charge on any atom is 0.404 e. The third-order valence-electron chi connectivity index (χ3n) is 1.87. The monoisotopic (exact) mass is 271 g/mol. The molecular formula is C9H18FNO5S. The lowest BCUT2D eigenvalue weighted by atomic mass is 9.86. The van der Waals surface area contributed by atoms with Gasteiger partial charge in [-0.1, -0.05) is 20.8 Å². The standard InChI is InChI=1S/C9H18FNO5S/c1-9(2,3)7(16-8(11)12)6(10)5-15-17(4,13)14/h6-7H,5H2,1-4H3,(H2,11,12). The molecule has 0 aromatic rings. The maximum absolute atomic E-state index is 13.7. The number of carbonyl (C=O) groups excluding carboxylic acids is 1. The molecule has 0 saturated heterocycles. The summed E-state index contributed by atoms with van der Waals surface area (Å²) in [4.78, 5) is 10.6. The predicted octanol–water partition coefficient (Wildman–Crippen LogP) is 0.811. The zero-order chi connectivity index (χ0) is 13.9. The summed E-state index contributed by atoms with van der Waals surface area (Å²) >= 11 is 0. The average Bonchev–Trinajstić information content (AvgIpc) is 2.07. The van der Waals surface area contributed by atoms with E-state index in [1.807, 2.05) is 0 Å². The molecule has 0 fully saturated rings. The second-order valence-corrected chi connectivity index (χ2v) is 6.37. The first-order valence-electron chi connectivity index (χ1n) is 4.88. The van der Waals surface area contributed by atoms with Crippen molar-refractivity contribution in [2.45, 2.75) is 33.0 Å². The molecule has 102 valence electrons. The van der Waals surface area contributed by atoms with Crippen LogP contribution in [0.4, 0.5) is 9.18 Å². The van der Waals surface area contributed by atoms with Gasteiger partial charge in [0.2, 0.25) is 0 Å². The van der Waals surface area contributed by atoms with Crippen molar-refractivity contribution in [3.63, 3.8) is 0 Å².